The fourth-order valence-corrected chi connectivity index (χ4v) is 3.31. The number of carboxylic acids is 1. The van der Waals surface area contributed by atoms with E-state index in [9.17, 15) is 18.0 Å². The average Bonchev–Trinajstić information content (AvgIpc) is 2.84. The van der Waals surface area contributed by atoms with Gasteiger partial charge in [0.15, 0.2) is 0 Å². The number of carboxylic acid groups (broad SMARTS) is 1. The van der Waals surface area contributed by atoms with Crippen molar-refractivity contribution >= 4 is 21.9 Å². The highest BCUT2D eigenvalue weighted by Crippen LogP contribution is 2.16. The lowest BCUT2D eigenvalue weighted by Crippen LogP contribution is -2.40. The molecule has 1 heterocycles. The molecule has 0 aliphatic heterocycles. The Bertz CT molecular complexity index is 679. The van der Waals surface area contributed by atoms with E-state index in [0.717, 1.165) is 6.42 Å². The highest BCUT2D eigenvalue weighted by molar-refractivity contribution is 7.89. The highest BCUT2D eigenvalue weighted by Gasteiger charge is 2.27. The first kappa shape index (κ1) is 19.2. The quantitative estimate of drug-likeness (QED) is 0.719. The van der Waals surface area contributed by atoms with Crippen LogP contribution < -0.4 is 4.72 Å². The number of sulfonamides is 1. The molecule has 1 atom stereocenters. The van der Waals surface area contributed by atoms with Gasteiger partial charge in [-0.2, -0.15) is 4.72 Å². The summed E-state index contributed by atoms with van der Waals surface area (Å²) in [5.74, 6) is -1.56. The summed E-state index contributed by atoms with van der Waals surface area (Å²) in [6.07, 6.45) is 2.86. The number of aryl methyl sites for hydroxylation is 1. The molecule has 0 unspecified atom stereocenters. The lowest BCUT2D eigenvalue weighted by atomic mass is 10.1. The minimum Gasteiger partial charge on any atom is -0.480 e. The van der Waals surface area contributed by atoms with E-state index in [-0.39, 0.29) is 22.9 Å². The van der Waals surface area contributed by atoms with Crippen LogP contribution in [-0.4, -0.2) is 55.0 Å². The smallest absolute Gasteiger partial charge is 0.321 e. The van der Waals surface area contributed by atoms with Gasteiger partial charge in [-0.25, -0.2) is 8.42 Å². The summed E-state index contributed by atoms with van der Waals surface area (Å²) in [4.78, 5) is 24.4. The third-order valence-corrected chi connectivity index (χ3v) is 4.80. The molecular formula is C14H23N3O5S. The fraction of sp³-hybridized carbons (Fsp3) is 0.571. The van der Waals surface area contributed by atoms with Gasteiger partial charge in [0.05, 0.1) is 0 Å². The molecule has 0 aromatic carbocycles. The van der Waals surface area contributed by atoms with Crippen LogP contribution in [-0.2, 0) is 21.9 Å². The standard InChI is InChI=1S/C14H23N3O5S/c1-5-6-7-11(14(19)20)15-23(21,22)10-8-12(17(4)9-10)13(18)16(2)3/h8-9,11,15H,5-7H2,1-4H3,(H,19,20)/t11-/m0/s1. The maximum Gasteiger partial charge on any atom is 0.321 e. The largest absolute Gasteiger partial charge is 0.480 e. The SMILES string of the molecule is CCCC[C@H](NS(=O)(=O)c1cc(C(=O)N(C)C)n(C)c1)C(=O)O. The molecule has 1 aromatic rings. The predicted octanol–water partition coefficient (Wildman–Crippen LogP) is 0.649. The van der Waals surface area contributed by atoms with Crippen molar-refractivity contribution in [2.75, 3.05) is 14.1 Å². The van der Waals surface area contributed by atoms with E-state index in [0.29, 0.717) is 6.42 Å². The van der Waals surface area contributed by atoms with Crippen molar-refractivity contribution in [2.24, 2.45) is 7.05 Å². The monoisotopic (exact) mass is 345 g/mol. The molecule has 9 heteroatoms. The summed E-state index contributed by atoms with van der Waals surface area (Å²) in [6, 6.07) is 0.0526. The fourth-order valence-electron chi connectivity index (χ4n) is 2.02. The van der Waals surface area contributed by atoms with Crippen LogP contribution in [0.2, 0.25) is 0 Å². The van der Waals surface area contributed by atoms with Crippen LogP contribution in [0.3, 0.4) is 0 Å². The molecule has 1 aromatic heterocycles. The molecule has 1 amide bonds. The number of hydrogen-bond donors (Lipinski definition) is 2. The van der Waals surface area contributed by atoms with Gasteiger partial charge in [-0.05, 0) is 12.5 Å². The van der Waals surface area contributed by atoms with Crippen molar-refractivity contribution < 1.29 is 23.1 Å². The van der Waals surface area contributed by atoms with Gasteiger partial charge in [0.1, 0.15) is 16.6 Å². The maximum atomic E-state index is 12.4. The van der Waals surface area contributed by atoms with Crippen LogP contribution in [0.5, 0.6) is 0 Å². The predicted molar refractivity (Wildman–Crippen MR) is 84.7 cm³/mol. The third kappa shape index (κ3) is 4.80. The van der Waals surface area contributed by atoms with Gasteiger partial charge >= 0.3 is 5.97 Å². The number of carbonyl (C=O) groups excluding carboxylic acids is 1. The minimum absolute atomic E-state index is 0.132. The lowest BCUT2D eigenvalue weighted by molar-refractivity contribution is -0.139. The second kappa shape index (κ2) is 7.60. The first-order valence-electron chi connectivity index (χ1n) is 7.23. The van der Waals surface area contributed by atoms with Crippen LogP contribution in [0.25, 0.3) is 0 Å². The van der Waals surface area contributed by atoms with Crippen LogP contribution in [0.1, 0.15) is 36.7 Å². The Balaban J connectivity index is 3.06. The molecule has 0 radical (unpaired) electrons. The minimum atomic E-state index is -4.02. The zero-order valence-corrected chi connectivity index (χ0v) is 14.6. The molecule has 8 nitrogen and oxygen atoms in total. The molecule has 2 N–H and O–H groups in total. The van der Waals surface area contributed by atoms with Gasteiger partial charge in [-0.1, -0.05) is 19.8 Å². The number of hydrogen-bond acceptors (Lipinski definition) is 4. The van der Waals surface area contributed by atoms with Crippen LogP contribution in [0, 0.1) is 0 Å². The summed E-state index contributed by atoms with van der Waals surface area (Å²) < 4.78 is 28.3. The molecule has 0 aliphatic carbocycles. The number of carbonyl (C=O) groups is 2. The zero-order valence-electron chi connectivity index (χ0n) is 13.7. The zero-order chi connectivity index (χ0) is 17.8. The Morgan fingerprint density at radius 3 is 2.48 bits per heavy atom. The van der Waals surface area contributed by atoms with E-state index in [1.54, 1.807) is 21.1 Å². The lowest BCUT2D eigenvalue weighted by Gasteiger charge is -2.13. The van der Waals surface area contributed by atoms with Gasteiger partial charge < -0.3 is 14.6 Å². The van der Waals surface area contributed by atoms with Gasteiger partial charge in [-0.15, -0.1) is 0 Å². The Hall–Kier alpha value is -1.87. The second-order valence-corrected chi connectivity index (χ2v) is 7.24. The summed E-state index contributed by atoms with van der Waals surface area (Å²) in [5, 5.41) is 9.14. The summed E-state index contributed by atoms with van der Waals surface area (Å²) >= 11 is 0. The Morgan fingerprint density at radius 1 is 1.39 bits per heavy atom. The van der Waals surface area contributed by atoms with Crippen LogP contribution >= 0.6 is 0 Å². The van der Waals surface area contributed by atoms with E-state index < -0.39 is 22.0 Å². The van der Waals surface area contributed by atoms with Crippen LogP contribution in [0.15, 0.2) is 17.2 Å². The molecule has 0 bridgehead atoms. The Morgan fingerprint density at radius 2 is 2.00 bits per heavy atom. The van der Waals surface area contributed by atoms with Gasteiger partial charge in [-0.3, -0.25) is 9.59 Å². The molecule has 0 spiro atoms. The van der Waals surface area contributed by atoms with Crippen molar-refractivity contribution in [2.45, 2.75) is 37.1 Å². The topological polar surface area (TPSA) is 109 Å². The van der Waals surface area contributed by atoms with E-state index in [2.05, 4.69) is 4.72 Å². The number of amides is 1. The first-order valence-corrected chi connectivity index (χ1v) is 8.71. The van der Waals surface area contributed by atoms with Crippen molar-refractivity contribution in [1.82, 2.24) is 14.2 Å². The van der Waals surface area contributed by atoms with Gasteiger partial charge in [0.2, 0.25) is 10.0 Å². The van der Waals surface area contributed by atoms with Crippen molar-refractivity contribution in [3.8, 4) is 0 Å². The highest BCUT2D eigenvalue weighted by atomic mass is 32.2. The van der Waals surface area contributed by atoms with E-state index in [1.165, 1.54) is 21.7 Å². The van der Waals surface area contributed by atoms with Crippen LogP contribution in [0.4, 0.5) is 0 Å². The molecule has 23 heavy (non-hydrogen) atoms. The first-order chi connectivity index (χ1) is 10.6. The Labute approximate surface area is 136 Å². The average molecular weight is 345 g/mol. The van der Waals surface area contributed by atoms with Gasteiger partial charge in [0.25, 0.3) is 5.91 Å². The summed E-state index contributed by atoms with van der Waals surface area (Å²) in [6.45, 7) is 1.89. The van der Waals surface area contributed by atoms with E-state index in [1.807, 2.05) is 6.92 Å². The number of aliphatic carboxylic acids is 1. The molecule has 1 rings (SSSR count). The van der Waals surface area contributed by atoms with Crippen molar-refractivity contribution in [1.29, 1.82) is 0 Å². The number of unbranched alkanes of at least 4 members (excludes halogenated alkanes) is 1. The summed E-state index contributed by atoms with van der Waals surface area (Å²) in [5.41, 5.74) is 0.204. The number of rotatable bonds is 8. The third-order valence-electron chi connectivity index (χ3n) is 3.36. The normalized spacial score (nSPS) is 12.9. The second-order valence-electron chi connectivity index (χ2n) is 5.53. The number of nitrogens with one attached hydrogen (secondary N) is 1. The number of nitrogens with zero attached hydrogens (tertiary/aromatic N) is 2. The Kier molecular flexibility index (Phi) is 6.34. The van der Waals surface area contributed by atoms with Gasteiger partial charge in [0, 0.05) is 27.3 Å². The van der Waals surface area contributed by atoms with Crippen molar-refractivity contribution in [3.05, 3.63) is 18.0 Å². The molecule has 0 fully saturated rings. The maximum absolute atomic E-state index is 12.4. The molecule has 0 aliphatic rings. The number of aromatic nitrogens is 1. The summed E-state index contributed by atoms with van der Waals surface area (Å²) in [7, 11) is 0.664. The molecule has 0 saturated heterocycles. The van der Waals surface area contributed by atoms with E-state index >= 15 is 0 Å². The van der Waals surface area contributed by atoms with E-state index in [4.69, 9.17) is 5.11 Å². The molecular weight excluding hydrogens is 322 g/mol. The van der Waals surface area contributed by atoms with Crippen molar-refractivity contribution in [3.63, 3.8) is 0 Å². The molecule has 0 saturated carbocycles. The molecule has 130 valence electrons.